The number of nitrogens with zero attached hydrogens (tertiary/aromatic N) is 4. The first-order valence-corrected chi connectivity index (χ1v) is 10.2. The summed E-state index contributed by atoms with van der Waals surface area (Å²) in [5, 5.41) is 22.7. The van der Waals surface area contributed by atoms with Crippen LogP contribution in [-0.4, -0.2) is 43.8 Å². The Bertz CT molecular complexity index is 886. The lowest BCUT2D eigenvalue weighted by Crippen LogP contribution is -2.20. The van der Waals surface area contributed by atoms with Crippen molar-refractivity contribution >= 4 is 11.8 Å². The Kier molecular flexibility index (Phi) is 6.36. The number of hydrogen-bond acceptors (Lipinski definition) is 6. The first-order chi connectivity index (χ1) is 13.3. The van der Waals surface area contributed by atoms with Gasteiger partial charge < -0.3 is 9.84 Å². The number of tetrazole rings is 1. The van der Waals surface area contributed by atoms with Gasteiger partial charge in [-0.1, -0.05) is 62.4 Å². The van der Waals surface area contributed by atoms with E-state index >= 15 is 0 Å². The molecule has 2 aromatic carbocycles. The fourth-order valence-corrected chi connectivity index (χ4v) is 3.38. The fraction of sp³-hybridized carbons (Fsp3) is 0.381. The van der Waals surface area contributed by atoms with Crippen molar-refractivity contribution in [2.45, 2.75) is 44.4 Å². The molecule has 0 amide bonds. The maximum atomic E-state index is 10.3. The van der Waals surface area contributed by atoms with Gasteiger partial charge >= 0.3 is 0 Å². The van der Waals surface area contributed by atoms with Crippen LogP contribution >= 0.6 is 11.8 Å². The molecule has 28 heavy (non-hydrogen) atoms. The van der Waals surface area contributed by atoms with Gasteiger partial charge in [0.1, 0.15) is 12.4 Å². The zero-order valence-corrected chi connectivity index (χ0v) is 17.5. The molecule has 1 N–H and O–H groups in total. The average molecular weight is 399 g/mol. The summed E-state index contributed by atoms with van der Waals surface area (Å²) >= 11 is 1.40. The molecule has 6 nitrogen and oxygen atoms in total. The van der Waals surface area contributed by atoms with Crippen molar-refractivity contribution in [2.24, 2.45) is 0 Å². The van der Waals surface area contributed by atoms with Crippen molar-refractivity contribution in [3.63, 3.8) is 0 Å². The van der Waals surface area contributed by atoms with Crippen molar-refractivity contribution < 1.29 is 9.84 Å². The Morgan fingerprint density at radius 2 is 1.75 bits per heavy atom. The summed E-state index contributed by atoms with van der Waals surface area (Å²) in [6, 6.07) is 16.0. The van der Waals surface area contributed by atoms with Gasteiger partial charge in [0, 0.05) is 5.75 Å². The zero-order valence-electron chi connectivity index (χ0n) is 16.7. The minimum atomic E-state index is -0.629. The van der Waals surface area contributed by atoms with Gasteiger partial charge in [0.05, 0.1) is 11.8 Å². The van der Waals surface area contributed by atoms with Gasteiger partial charge in [-0.15, -0.1) is 5.10 Å². The van der Waals surface area contributed by atoms with E-state index in [4.69, 9.17) is 4.74 Å². The lowest BCUT2D eigenvalue weighted by molar-refractivity contribution is 0.126. The van der Waals surface area contributed by atoms with E-state index in [9.17, 15) is 5.11 Å². The van der Waals surface area contributed by atoms with E-state index in [1.807, 2.05) is 43.3 Å². The minimum absolute atomic E-state index is 0.107. The molecule has 1 heterocycles. The van der Waals surface area contributed by atoms with Crippen molar-refractivity contribution in [1.82, 2.24) is 20.2 Å². The van der Waals surface area contributed by atoms with Crippen LogP contribution in [0.5, 0.6) is 5.75 Å². The van der Waals surface area contributed by atoms with Gasteiger partial charge in [-0.05, 0) is 52.6 Å². The SMILES string of the molecule is Cc1ccc(-n2nnnc2SCC(O)COc2ccc(C(C)(C)C)cc2)cc1. The van der Waals surface area contributed by atoms with Crippen molar-refractivity contribution in [3.8, 4) is 11.4 Å². The van der Waals surface area contributed by atoms with E-state index < -0.39 is 6.10 Å². The lowest BCUT2D eigenvalue weighted by atomic mass is 9.87. The van der Waals surface area contributed by atoms with Crippen molar-refractivity contribution in [2.75, 3.05) is 12.4 Å². The van der Waals surface area contributed by atoms with E-state index in [-0.39, 0.29) is 12.0 Å². The number of aliphatic hydroxyl groups excluding tert-OH is 1. The van der Waals surface area contributed by atoms with Crippen LogP contribution in [0, 0.1) is 6.92 Å². The Hall–Kier alpha value is -2.38. The number of thioether (sulfide) groups is 1. The Labute approximate surface area is 169 Å². The molecule has 0 spiro atoms. The second kappa shape index (κ2) is 8.75. The number of aromatic nitrogens is 4. The standard InChI is InChI=1S/C21H26N4O2S/c1-15-5-9-17(10-6-15)25-20(22-23-24-25)28-14-18(26)13-27-19-11-7-16(8-12-19)21(2,3)4/h5-12,18,26H,13-14H2,1-4H3. The van der Waals surface area contributed by atoms with Crippen LogP contribution in [0.4, 0.5) is 0 Å². The summed E-state index contributed by atoms with van der Waals surface area (Å²) in [6.07, 6.45) is -0.629. The summed E-state index contributed by atoms with van der Waals surface area (Å²) in [5.41, 5.74) is 3.42. The van der Waals surface area contributed by atoms with Gasteiger partial charge in [0.25, 0.3) is 0 Å². The second-order valence-electron chi connectivity index (χ2n) is 7.76. The summed E-state index contributed by atoms with van der Waals surface area (Å²) in [7, 11) is 0. The van der Waals surface area contributed by atoms with E-state index in [0.29, 0.717) is 10.9 Å². The van der Waals surface area contributed by atoms with Crippen molar-refractivity contribution in [1.29, 1.82) is 0 Å². The molecule has 1 aromatic heterocycles. The largest absolute Gasteiger partial charge is 0.491 e. The lowest BCUT2D eigenvalue weighted by Gasteiger charge is -2.19. The summed E-state index contributed by atoms with van der Waals surface area (Å²) in [6.45, 7) is 8.77. The molecular weight excluding hydrogens is 372 g/mol. The van der Waals surface area contributed by atoms with Crippen LogP contribution in [0.25, 0.3) is 5.69 Å². The van der Waals surface area contributed by atoms with Crippen LogP contribution < -0.4 is 4.74 Å². The van der Waals surface area contributed by atoms with Crippen LogP contribution in [0.15, 0.2) is 53.7 Å². The predicted molar refractivity (Wildman–Crippen MR) is 111 cm³/mol. The Balaban J connectivity index is 1.52. The van der Waals surface area contributed by atoms with E-state index in [0.717, 1.165) is 11.4 Å². The molecule has 3 aromatic rings. The second-order valence-corrected chi connectivity index (χ2v) is 8.75. The smallest absolute Gasteiger partial charge is 0.214 e. The van der Waals surface area contributed by atoms with Crippen molar-refractivity contribution in [3.05, 3.63) is 59.7 Å². The summed E-state index contributed by atoms with van der Waals surface area (Å²) in [5.74, 6) is 1.19. The maximum Gasteiger partial charge on any atom is 0.214 e. The zero-order chi connectivity index (χ0) is 20.1. The molecule has 0 saturated carbocycles. The van der Waals surface area contributed by atoms with E-state index in [2.05, 4.69) is 48.4 Å². The number of ether oxygens (including phenoxy) is 1. The number of benzene rings is 2. The quantitative estimate of drug-likeness (QED) is 0.610. The molecular formula is C21H26N4O2S. The van der Waals surface area contributed by atoms with Crippen LogP contribution in [-0.2, 0) is 5.41 Å². The summed E-state index contributed by atoms with van der Waals surface area (Å²) < 4.78 is 7.38. The highest BCUT2D eigenvalue weighted by atomic mass is 32.2. The number of aliphatic hydroxyl groups is 1. The van der Waals surface area contributed by atoms with Gasteiger partial charge in [0.15, 0.2) is 0 Å². The van der Waals surface area contributed by atoms with Gasteiger partial charge in [-0.25, -0.2) is 0 Å². The van der Waals surface area contributed by atoms with Gasteiger partial charge in [0.2, 0.25) is 5.16 Å². The maximum absolute atomic E-state index is 10.3. The molecule has 0 saturated heterocycles. The third-order valence-electron chi connectivity index (χ3n) is 4.29. The first-order valence-electron chi connectivity index (χ1n) is 9.22. The van der Waals surface area contributed by atoms with Crippen LogP contribution in [0.3, 0.4) is 0 Å². The molecule has 148 valence electrons. The molecule has 1 atom stereocenters. The molecule has 7 heteroatoms. The molecule has 1 unspecified atom stereocenters. The number of rotatable bonds is 7. The Morgan fingerprint density at radius 3 is 2.39 bits per heavy atom. The average Bonchev–Trinajstić information content (AvgIpc) is 3.13. The van der Waals surface area contributed by atoms with E-state index in [1.54, 1.807) is 4.68 Å². The predicted octanol–water partition coefficient (Wildman–Crippen LogP) is 3.80. The van der Waals surface area contributed by atoms with Gasteiger partial charge in [-0.3, -0.25) is 0 Å². The highest BCUT2D eigenvalue weighted by molar-refractivity contribution is 7.99. The third-order valence-corrected chi connectivity index (χ3v) is 5.35. The topological polar surface area (TPSA) is 73.1 Å². The molecule has 0 aliphatic heterocycles. The summed E-state index contributed by atoms with van der Waals surface area (Å²) in [4.78, 5) is 0. The number of hydrogen-bond donors (Lipinski definition) is 1. The molecule has 0 bridgehead atoms. The van der Waals surface area contributed by atoms with E-state index in [1.165, 1.54) is 22.9 Å². The Morgan fingerprint density at radius 1 is 1.07 bits per heavy atom. The monoisotopic (exact) mass is 398 g/mol. The number of aryl methyl sites for hydroxylation is 1. The van der Waals surface area contributed by atoms with Crippen LogP contribution in [0.2, 0.25) is 0 Å². The highest BCUT2D eigenvalue weighted by Gasteiger charge is 2.15. The first kappa shape index (κ1) is 20.4. The van der Waals surface area contributed by atoms with Crippen LogP contribution in [0.1, 0.15) is 31.9 Å². The molecule has 3 rings (SSSR count). The van der Waals surface area contributed by atoms with Gasteiger partial charge in [-0.2, -0.15) is 4.68 Å². The fourth-order valence-electron chi connectivity index (χ4n) is 2.58. The molecule has 0 radical (unpaired) electrons. The minimum Gasteiger partial charge on any atom is -0.491 e. The normalized spacial score (nSPS) is 12.8. The molecule has 0 aliphatic carbocycles. The molecule has 0 fully saturated rings. The third kappa shape index (κ3) is 5.33. The molecule has 0 aliphatic rings. The highest BCUT2D eigenvalue weighted by Crippen LogP contribution is 2.24.